The maximum Gasteiger partial charge on any atom is 0.278 e. The molecule has 0 unspecified atom stereocenters. The van der Waals surface area contributed by atoms with Crippen LogP contribution in [0.5, 0.6) is 0 Å². The monoisotopic (exact) mass is 348 g/mol. The maximum atomic E-state index is 11.8. The summed E-state index contributed by atoms with van der Waals surface area (Å²) in [6.07, 6.45) is 8.55. The standard InChI is InChI=1S/C10H14N4O2.C9H18/c1-3-7(15)6-14-10(16)8(4-11)9(12-2)5-13-14;1-8-5-4-6-9(2,3)7-8/h4-5,11-12H,3,6H2,1-2H3;8H,4-7H2,1-3H3/t;8-/m.0/s1. The minimum absolute atomic E-state index is 0.0415. The van der Waals surface area contributed by atoms with E-state index in [2.05, 4.69) is 31.2 Å². The second-order valence-electron chi connectivity index (χ2n) is 7.59. The molecule has 6 nitrogen and oxygen atoms in total. The highest BCUT2D eigenvalue weighted by Crippen LogP contribution is 2.37. The van der Waals surface area contributed by atoms with Crippen LogP contribution in [0.4, 0.5) is 5.69 Å². The molecule has 0 aliphatic heterocycles. The zero-order valence-corrected chi connectivity index (χ0v) is 16.2. The molecule has 1 aliphatic carbocycles. The molecule has 1 atom stereocenters. The zero-order valence-electron chi connectivity index (χ0n) is 16.2. The molecular weight excluding hydrogens is 316 g/mol. The van der Waals surface area contributed by atoms with Crippen LogP contribution in [0, 0.1) is 16.7 Å². The van der Waals surface area contributed by atoms with Crippen molar-refractivity contribution in [2.24, 2.45) is 11.3 Å². The highest BCUT2D eigenvalue weighted by Gasteiger charge is 2.24. The van der Waals surface area contributed by atoms with Gasteiger partial charge < -0.3 is 10.7 Å². The van der Waals surface area contributed by atoms with Gasteiger partial charge in [-0.15, -0.1) is 0 Å². The van der Waals surface area contributed by atoms with Crippen LogP contribution in [0.1, 0.15) is 65.4 Å². The van der Waals surface area contributed by atoms with Crippen molar-refractivity contribution in [1.29, 1.82) is 5.41 Å². The first-order valence-corrected chi connectivity index (χ1v) is 9.04. The highest BCUT2D eigenvalue weighted by molar-refractivity contribution is 5.84. The van der Waals surface area contributed by atoms with E-state index >= 15 is 0 Å². The average molecular weight is 348 g/mol. The van der Waals surface area contributed by atoms with E-state index in [1.165, 1.54) is 31.9 Å². The molecular formula is C19H32N4O2. The Bertz CT molecular complexity index is 649. The van der Waals surface area contributed by atoms with Gasteiger partial charge in [0.25, 0.3) is 5.56 Å². The van der Waals surface area contributed by atoms with E-state index in [1.807, 2.05) is 0 Å². The van der Waals surface area contributed by atoms with Crippen LogP contribution >= 0.6 is 0 Å². The van der Waals surface area contributed by atoms with Gasteiger partial charge >= 0.3 is 0 Å². The van der Waals surface area contributed by atoms with Crippen molar-refractivity contribution < 1.29 is 4.79 Å². The lowest BCUT2D eigenvalue weighted by Crippen LogP contribution is -2.29. The molecule has 2 rings (SSSR count). The Labute approximate surface area is 150 Å². The average Bonchev–Trinajstić information content (AvgIpc) is 2.55. The molecule has 1 aliphatic rings. The number of carbonyl (C=O) groups is 1. The summed E-state index contributed by atoms with van der Waals surface area (Å²) in [6.45, 7) is 8.85. The van der Waals surface area contributed by atoms with Crippen molar-refractivity contribution in [3.63, 3.8) is 0 Å². The number of ketones is 1. The van der Waals surface area contributed by atoms with Gasteiger partial charge in [0.1, 0.15) is 6.54 Å². The number of hydrogen-bond acceptors (Lipinski definition) is 5. The minimum Gasteiger partial charge on any atom is -0.386 e. The van der Waals surface area contributed by atoms with E-state index in [4.69, 9.17) is 5.41 Å². The van der Waals surface area contributed by atoms with Crippen molar-refractivity contribution in [2.45, 2.75) is 66.3 Å². The van der Waals surface area contributed by atoms with Gasteiger partial charge in [-0.05, 0) is 24.2 Å². The molecule has 0 aromatic carbocycles. The summed E-state index contributed by atoms with van der Waals surface area (Å²) in [5.41, 5.74) is 0.919. The van der Waals surface area contributed by atoms with Gasteiger partial charge in [0.15, 0.2) is 5.78 Å². The lowest BCUT2D eigenvalue weighted by atomic mass is 9.73. The van der Waals surface area contributed by atoms with Gasteiger partial charge in [-0.1, -0.05) is 40.5 Å². The fraction of sp³-hybridized carbons (Fsp3) is 0.684. The van der Waals surface area contributed by atoms with Gasteiger partial charge in [0.2, 0.25) is 0 Å². The molecule has 25 heavy (non-hydrogen) atoms. The fourth-order valence-electron chi connectivity index (χ4n) is 3.31. The number of anilines is 1. The second kappa shape index (κ2) is 9.49. The van der Waals surface area contributed by atoms with Crippen LogP contribution in [0.3, 0.4) is 0 Å². The molecule has 1 saturated carbocycles. The van der Waals surface area contributed by atoms with E-state index in [1.54, 1.807) is 14.0 Å². The number of aromatic nitrogens is 2. The first-order chi connectivity index (χ1) is 11.7. The van der Waals surface area contributed by atoms with E-state index in [0.29, 0.717) is 17.5 Å². The first-order valence-electron chi connectivity index (χ1n) is 9.04. The smallest absolute Gasteiger partial charge is 0.278 e. The molecule has 0 saturated heterocycles. The van der Waals surface area contributed by atoms with Gasteiger partial charge in [-0.25, -0.2) is 4.68 Å². The third-order valence-corrected chi connectivity index (χ3v) is 4.67. The van der Waals surface area contributed by atoms with Crippen LogP contribution in [0.25, 0.3) is 0 Å². The molecule has 1 heterocycles. The third kappa shape index (κ3) is 6.44. The molecule has 0 spiro atoms. The van der Waals surface area contributed by atoms with Crippen molar-refractivity contribution in [3.8, 4) is 0 Å². The number of nitrogens with zero attached hydrogens (tertiary/aromatic N) is 2. The van der Waals surface area contributed by atoms with Gasteiger partial charge in [0.05, 0.1) is 17.4 Å². The highest BCUT2D eigenvalue weighted by atomic mass is 16.1. The van der Waals surface area contributed by atoms with Gasteiger partial charge in [0, 0.05) is 19.7 Å². The summed E-state index contributed by atoms with van der Waals surface area (Å²) in [7, 11) is 1.64. The lowest BCUT2D eigenvalue weighted by molar-refractivity contribution is -0.119. The summed E-state index contributed by atoms with van der Waals surface area (Å²) in [6, 6.07) is 0. The van der Waals surface area contributed by atoms with Gasteiger partial charge in [-0.2, -0.15) is 5.10 Å². The topological polar surface area (TPSA) is 87.8 Å². The quantitative estimate of drug-likeness (QED) is 0.797. The number of nitrogens with one attached hydrogen (secondary N) is 2. The maximum absolute atomic E-state index is 11.8. The van der Waals surface area contributed by atoms with E-state index in [9.17, 15) is 9.59 Å². The summed E-state index contributed by atoms with van der Waals surface area (Å²) >= 11 is 0. The van der Waals surface area contributed by atoms with Gasteiger partial charge in [-0.3, -0.25) is 9.59 Å². The third-order valence-electron chi connectivity index (χ3n) is 4.67. The van der Waals surface area contributed by atoms with Crippen molar-refractivity contribution in [1.82, 2.24) is 9.78 Å². The normalized spacial score (nSPS) is 18.7. The molecule has 0 amide bonds. The first kappa shape index (κ1) is 21.1. The van der Waals surface area contributed by atoms with E-state index < -0.39 is 5.56 Å². The number of Topliss-reactive ketones (excluding diaryl/α,β-unsaturated/α-hetero) is 1. The largest absolute Gasteiger partial charge is 0.386 e. The van der Waals surface area contributed by atoms with Crippen molar-refractivity contribution in [3.05, 3.63) is 22.1 Å². The Balaban J connectivity index is 0.000000293. The summed E-state index contributed by atoms with van der Waals surface area (Å²) in [4.78, 5) is 23.0. The number of hydrogen-bond donors (Lipinski definition) is 2. The number of carbonyl (C=O) groups excluding carboxylic acids is 1. The molecule has 0 radical (unpaired) electrons. The molecule has 2 N–H and O–H groups in total. The SMILES string of the molecule is CCC(=O)Cn1ncc(NC)c(C=N)c1=O.C[C@H]1CCCC(C)(C)C1. The molecule has 0 bridgehead atoms. The predicted molar refractivity (Wildman–Crippen MR) is 103 cm³/mol. The molecule has 1 aromatic heterocycles. The van der Waals surface area contributed by atoms with Crippen LogP contribution in [0.2, 0.25) is 0 Å². The Morgan fingerprint density at radius 3 is 2.64 bits per heavy atom. The van der Waals surface area contributed by atoms with Crippen molar-refractivity contribution >= 4 is 17.7 Å². The molecule has 1 aromatic rings. The van der Waals surface area contributed by atoms with E-state index in [-0.39, 0.29) is 17.9 Å². The van der Waals surface area contributed by atoms with Crippen LogP contribution < -0.4 is 10.9 Å². The number of rotatable bonds is 5. The molecule has 140 valence electrons. The Hall–Kier alpha value is -1.98. The van der Waals surface area contributed by atoms with Crippen LogP contribution in [-0.2, 0) is 11.3 Å². The van der Waals surface area contributed by atoms with Crippen LogP contribution in [0.15, 0.2) is 11.0 Å². The fourth-order valence-corrected chi connectivity index (χ4v) is 3.31. The van der Waals surface area contributed by atoms with E-state index in [0.717, 1.165) is 16.8 Å². The lowest BCUT2D eigenvalue weighted by Gasteiger charge is -2.33. The summed E-state index contributed by atoms with van der Waals surface area (Å²) in [5, 5.41) is 13.8. The summed E-state index contributed by atoms with van der Waals surface area (Å²) in [5.74, 6) is 0.913. The zero-order chi connectivity index (χ0) is 19.0. The van der Waals surface area contributed by atoms with Crippen molar-refractivity contribution in [2.75, 3.05) is 12.4 Å². The Kier molecular flexibility index (Phi) is 8.00. The molecule has 1 fully saturated rings. The Morgan fingerprint density at radius 2 is 2.20 bits per heavy atom. The predicted octanol–water partition coefficient (Wildman–Crippen LogP) is 3.48. The second-order valence-corrected chi connectivity index (χ2v) is 7.59. The Morgan fingerprint density at radius 1 is 1.52 bits per heavy atom. The summed E-state index contributed by atoms with van der Waals surface area (Å²) < 4.78 is 1.08. The molecule has 6 heteroatoms. The van der Waals surface area contributed by atoms with Crippen LogP contribution in [-0.4, -0.2) is 28.8 Å². The minimum atomic E-state index is -0.427.